The van der Waals surface area contributed by atoms with E-state index in [0.717, 1.165) is 5.56 Å². The van der Waals surface area contributed by atoms with Crippen molar-refractivity contribution in [3.63, 3.8) is 0 Å². The third-order valence-electron chi connectivity index (χ3n) is 7.10. The number of nitrogens with zero attached hydrogens (tertiary/aromatic N) is 4. The molecule has 1 aromatic carbocycles. The molecule has 8 nitrogen and oxygen atoms in total. The van der Waals surface area contributed by atoms with Crippen LogP contribution in [0.25, 0.3) is 16.8 Å². The Balaban J connectivity index is 1.39. The van der Waals surface area contributed by atoms with Crippen LogP contribution in [0, 0.1) is 0 Å². The lowest BCUT2D eigenvalue weighted by molar-refractivity contribution is -0.180. The van der Waals surface area contributed by atoms with Crippen LogP contribution in [0.3, 0.4) is 0 Å². The summed E-state index contributed by atoms with van der Waals surface area (Å²) in [5, 5.41) is 31.8. The Hall–Kier alpha value is -3.18. The van der Waals surface area contributed by atoms with Gasteiger partial charge in [0.05, 0.1) is 23.1 Å². The van der Waals surface area contributed by atoms with E-state index < -0.39 is 29.8 Å². The van der Waals surface area contributed by atoms with Crippen LogP contribution in [0.15, 0.2) is 48.9 Å². The summed E-state index contributed by atoms with van der Waals surface area (Å²) in [4.78, 5) is 13.3. The Bertz CT molecular complexity index is 1500. The summed E-state index contributed by atoms with van der Waals surface area (Å²) in [7, 11) is 0. The predicted octanol–water partition coefficient (Wildman–Crippen LogP) is 4.35. The maximum atomic E-state index is 13.1. The fourth-order valence-electron chi connectivity index (χ4n) is 5.64. The number of imidazole rings is 1. The van der Waals surface area contributed by atoms with Crippen molar-refractivity contribution in [2.45, 2.75) is 56.0 Å². The van der Waals surface area contributed by atoms with Gasteiger partial charge >= 0.3 is 6.61 Å². The molecule has 0 spiro atoms. The quantitative estimate of drug-likeness (QED) is 0.353. The summed E-state index contributed by atoms with van der Waals surface area (Å²) in [5.41, 5.74) is 1.40. The van der Waals surface area contributed by atoms with Crippen LogP contribution < -0.4 is 4.74 Å². The monoisotopic (exact) mass is 528 g/mol. The molecule has 3 N–H and O–H groups in total. The molecule has 0 saturated heterocycles. The molecule has 3 heterocycles. The molecule has 0 radical (unpaired) electrons. The molecule has 4 aromatic rings. The maximum absolute atomic E-state index is 13.1. The number of fused-ring (bicyclic) bond motifs is 3. The van der Waals surface area contributed by atoms with Gasteiger partial charge < -0.3 is 24.5 Å². The van der Waals surface area contributed by atoms with Crippen molar-refractivity contribution < 1.29 is 28.8 Å². The average molecular weight is 529 g/mol. The molecule has 3 aromatic heterocycles. The van der Waals surface area contributed by atoms with E-state index in [1.54, 1.807) is 31.5 Å². The smallest absolute Gasteiger partial charge is 0.387 e. The first-order valence-corrected chi connectivity index (χ1v) is 12.1. The molecular formula is C26H23ClF2N4O4. The van der Waals surface area contributed by atoms with Crippen LogP contribution in [-0.4, -0.2) is 46.9 Å². The molecule has 2 aliphatic rings. The van der Waals surface area contributed by atoms with Crippen LogP contribution >= 0.6 is 11.6 Å². The number of hydrogen-bond acceptors (Lipinski definition) is 7. The lowest BCUT2D eigenvalue weighted by Crippen LogP contribution is -2.53. The number of rotatable bonds is 5. The van der Waals surface area contributed by atoms with Crippen molar-refractivity contribution >= 4 is 17.2 Å². The molecule has 2 atom stereocenters. The van der Waals surface area contributed by atoms with Gasteiger partial charge in [0.2, 0.25) is 0 Å². The van der Waals surface area contributed by atoms with Gasteiger partial charge in [0, 0.05) is 59.1 Å². The van der Waals surface area contributed by atoms with Gasteiger partial charge in [-0.3, -0.25) is 0 Å². The van der Waals surface area contributed by atoms with Gasteiger partial charge in [0.1, 0.15) is 17.0 Å². The second-order valence-electron chi connectivity index (χ2n) is 10.1. The SMILES string of the molecule is CC1(O)CC(O)(c2ncc(-c3ccc4nc5c(n4c3)C(c3cc(Cl)ccc3OC(F)F)CC5O)cn2)C1. The molecule has 1 fully saturated rings. The molecule has 0 aliphatic heterocycles. The van der Waals surface area contributed by atoms with Gasteiger partial charge in [0.15, 0.2) is 5.82 Å². The van der Waals surface area contributed by atoms with Gasteiger partial charge in [-0.1, -0.05) is 11.6 Å². The van der Waals surface area contributed by atoms with Crippen LogP contribution in [-0.2, 0) is 5.60 Å². The minimum absolute atomic E-state index is 0.00699. The number of aliphatic hydroxyl groups is 3. The summed E-state index contributed by atoms with van der Waals surface area (Å²) in [6, 6.07) is 8.08. The van der Waals surface area contributed by atoms with Gasteiger partial charge in [-0.15, -0.1) is 0 Å². The average Bonchev–Trinajstić information content (AvgIpc) is 3.36. The number of pyridine rings is 1. The zero-order chi connectivity index (χ0) is 26.1. The first-order valence-electron chi connectivity index (χ1n) is 11.7. The van der Waals surface area contributed by atoms with Crippen molar-refractivity contribution in [3.05, 3.63) is 76.7 Å². The Kier molecular flexibility index (Phi) is 5.50. The van der Waals surface area contributed by atoms with E-state index in [9.17, 15) is 24.1 Å². The Morgan fingerprint density at radius 3 is 2.51 bits per heavy atom. The normalized spacial score (nSPS) is 26.9. The van der Waals surface area contributed by atoms with Crippen LogP contribution in [0.5, 0.6) is 5.75 Å². The van der Waals surface area contributed by atoms with Crippen molar-refractivity contribution in [3.8, 4) is 16.9 Å². The Morgan fingerprint density at radius 1 is 1.11 bits per heavy atom. The lowest BCUT2D eigenvalue weighted by Gasteiger charge is -2.46. The molecule has 37 heavy (non-hydrogen) atoms. The molecule has 6 rings (SSSR count). The summed E-state index contributed by atoms with van der Waals surface area (Å²) in [6.45, 7) is -1.35. The summed E-state index contributed by atoms with van der Waals surface area (Å²) >= 11 is 6.19. The van der Waals surface area contributed by atoms with E-state index in [4.69, 9.17) is 16.3 Å². The van der Waals surface area contributed by atoms with Gasteiger partial charge in [-0.25, -0.2) is 15.0 Å². The Morgan fingerprint density at radius 2 is 1.84 bits per heavy atom. The van der Waals surface area contributed by atoms with Crippen LogP contribution in [0.1, 0.15) is 61.0 Å². The van der Waals surface area contributed by atoms with Crippen molar-refractivity contribution in [2.75, 3.05) is 0 Å². The highest BCUT2D eigenvalue weighted by Crippen LogP contribution is 2.48. The second kappa shape index (κ2) is 8.42. The van der Waals surface area contributed by atoms with E-state index in [1.807, 2.05) is 16.7 Å². The highest BCUT2D eigenvalue weighted by molar-refractivity contribution is 6.30. The zero-order valence-electron chi connectivity index (χ0n) is 19.6. The van der Waals surface area contributed by atoms with Gasteiger partial charge in [-0.05, 0) is 43.7 Å². The number of aromatic nitrogens is 4. The van der Waals surface area contributed by atoms with Crippen molar-refractivity contribution in [1.82, 2.24) is 19.4 Å². The molecule has 0 amide bonds. The van der Waals surface area contributed by atoms with E-state index in [2.05, 4.69) is 15.0 Å². The maximum Gasteiger partial charge on any atom is 0.387 e. The topological polar surface area (TPSA) is 113 Å². The Labute approximate surface area is 215 Å². The summed E-state index contributed by atoms with van der Waals surface area (Å²) in [5.74, 6) is -0.238. The predicted molar refractivity (Wildman–Crippen MR) is 129 cm³/mol. The molecule has 2 aliphatic carbocycles. The van der Waals surface area contributed by atoms with Gasteiger partial charge in [0.25, 0.3) is 0 Å². The van der Waals surface area contributed by atoms with Crippen molar-refractivity contribution in [2.24, 2.45) is 0 Å². The fourth-order valence-corrected chi connectivity index (χ4v) is 5.82. The summed E-state index contributed by atoms with van der Waals surface area (Å²) < 4.78 is 32.8. The molecule has 1 saturated carbocycles. The highest BCUT2D eigenvalue weighted by atomic mass is 35.5. The van der Waals surface area contributed by atoms with E-state index >= 15 is 0 Å². The van der Waals surface area contributed by atoms with E-state index in [-0.39, 0.29) is 30.8 Å². The molecule has 0 bridgehead atoms. The van der Waals surface area contributed by atoms with Crippen LogP contribution in [0.4, 0.5) is 8.78 Å². The number of benzene rings is 1. The number of alkyl halides is 2. The third kappa shape index (κ3) is 4.14. The number of aliphatic hydroxyl groups excluding tert-OH is 1. The molecule has 192 valence electrons. The fraction of sp³-hybridized carbons (Fsp3) is 0.346. The highest BCUT2D eigenvalue weighted by Gasteiger charge is 2.53. The molecule has 11 heteroatoms. The number of ether oxygens (including phenoxy) is 1. The van der Waals surface area contributed by atoms with E-state index in [0.29, 0.717) is 33.2 Å². The van der Waals surface area contributed by atoms with Gasteiger partial charge in [-0.2, -0.15) is 8.78 Å². The third-order valence-corrected chi connectivity index (χ3v) is 7.33. The molecular weight excluding hydrogens is 506 g/mol. The first-order chi connectivity index (χ1) is 17.5. The number of halogens is 3. The second-order valence-corrected chi connectivity index (χ2v) is 10.5. The van der Waals surface area contributed by atoms with Crippen molar-refractivity contribution in [1.29, 1.82) is 0 Å². The number of hydrogen-bond donors (Lipinski definition) is 3. The first kappa shape index (κ1) is 24.2. The summed E-state index contributed by atoms with van der Waals surface area (Å²) in [6.07, 6.45) is 4.71. The zero-order valence-corrected chi connectivity index (χ0v) is 20.4. The van der Waals surface area contributed by atoms with Crippen LogP contribution in [0.2, 0.25) is 5.02 Å². The standard InChI is InChI=1S/C26H23ClF2N4O4/c1-25(35)11-26(36,12-25)23-30-8-14(9-31-23)13-2-5-20-32-21-18(34)7-17(22(21)33(20)10-13)16-6-15(27)3-4-19(16)37-24(28)29/h2-6,8-10,17-18,24,34-36H,7,11-12H2,1H3. The molecule has 2 unspecified atom stereocenters. The van der Waals surface area contributed by atoms with E-state index in [1.165, 1.54) is 12.1 Å². The minimum Gasteiger partial charge on any atom is -0.435 e. The lowest BCUT2D eigenvalue weighted by atomic mass is 9.68. The minimum atomic E-state index is -3.01. The largest absolute Gasteiger partial charge is 0.435 e.